The van der Waals surface area contributed by atoms with E-state index in [1.165, 1.54) is 53.9 Å². The molecule has 0 spiro atoms. The number of likely N-dealkylation sites (tertiary alicyclic amines) is 1. The monoisotopic (exact) mass is 680 g/mol. The molecule has 3 heterocycles. The summed E-state index contributed by atoms with van der Waals surface area (Å²) in [6, 6.07) is 10.6. The Kier molecular flexibility index (Phi) is 10.5. The van der Waals surface area contributed by atoms with Crippen LogP contribution in [0.4, 0.5) is 0 Å². The Morgan fingerprint density at radius 3 is 2.24 bits per heavy atom. The molecule has 0 radical (unpaired) electrons. The molecule has 2 fully saturated rings. The largest absolute Gasteiger partial charge is 0.481 e. The van der Waals surface area contributed by atoms with E-state index in [2.05, 4.69) is 61.2 Å². The molecule has 1 unspecified atom stereocenters. The van der Waals surface area contributed by atoms with Gasteiger partial charge in [0.2, 0.25) is 5.91 Å². The molecule has 2 aliphatic carbocycles. The van der Waals surface area contributed by atoms with Gasteiger partial charge in [0.25, 0.3) is 5.91 Å². The minimum Gasteiger partial charge on any atom is -0.481 e. The minimum absolute atomic E-state index is 0.0888. The van der Waals surface area contributed by atoms with Gasteiger partial charge in [0.05, 0.1) is 10.8 Å². The maximum absolute atomic E-state index is 13.5. The number of benzene rings is 1. The number of aliphatic carboxylic acids is 1. The average Bonchev–Trinajstić information content (AvgIpc) is 3.60. The number of hydrogen-bond donors (Lipinski definition) is 2. The van der Waals surface area contributed by atoms with Crippen LogP contribution in [0.25, 0.3) is 17.0 Å². The molecule has 1 saturated heterocycles. The average molecular weight is 681 g/mol. The van der Waals surface area contributed by atoms with E-state index < -0.39 is 17.9 Å². The van der Waals surface area contributed by atoms with Crippen LogP contribution in [0.15, 0.2) is 67.0 Å². The summed E-state index contributed by atoms with van der Waals surface area (Å²) >= 11 is 1.42. The van der Waals surface area contributed by atoms with Crippen LogP contribution in [0.5, 0.6) is 0 Å². The molecule has 8 nitrogen and oxygen atoms in total. The minimum atomic E-state index is -0.913. The van der Waals surface area contributed by atoms with Crippen molar-refractivity contribution in [1.82, 2.24) is 20.2 Å². The van der Waals surface area contributed by atoms with Crippen molar-refractivity contribution in [2.45, 2.75) is 84.1 Å². The fraction of sp³-hybridized carbons (Fsp3) is 0.475. The van der Waals surface area contributed by atoms with Crippen molar-refractivity contribution in [1.29, 1.82) is 0 Å². The number of carbonyl (C=O) groups excluding carboxylic acids is 2. The van der Waals surface area contributed by atoms with Gasteiger partial charge >= 0.3 is 5.97 Å². The molecule has 1 aliphatic heterocycles. The third-order valence-corrected chi connectivity index (χ3v) is 12.1. The summed E-state index contributed by atoms with van der Waals surface area (Å²) in [5, 5.41) is 12.3. The highest BCUT2D eigenvalue weighted by molar-refractivity contribution is 7.14. The molecule has 258 valence electrons. The van der Waals surface area contributed by atoms with Crippen LogP contribution in [-0.2, 0) is 21.4 Å². The van der Waals surface area contributed by atoms with Crippen LogP contribution in [0.1, 0.15) is 91.9 Å². The Balaban J connectivity index is 1.09. The van der Waals surface area contributed by atoms with E-state index in [0.717, 1.165) is 39.8 Å². The molecule has 3 aromatic rings. The van der Waals surface area contributed by atoms with E-state index >= 15 is 0 Å². The Bertz CT molecular complexity index is 1710. The number of rotatable bonds is 10. The number of carboxylic acids is 1. The fourth-order valence-electron chi connectivity index (χ4n) is 7.20. The second-order valence-electron chi connectivity index (χ2n) is 15.0. The zero-order valence-electron chi connectivity index (χ0n) is 29.0. The molecule has 9 heteroatoms. The van der Waals surface area contributed by atoms with Crippen molar-refractivity contribution >= 4 is 34.7 Å². The SMILES string of the molecule is CC[C@H]1CC[C@H](C2C=CC(c3cnc(-c4ccc(C[C@H](NC(=O)c5ccc(C(C)(C)C)s5)C(=O)N5CC(C(=O)O)C5)cc4)nc3)=CC2)CC1. The molecule has 1 aromatic carbocycles. The van der Waals surface area contributed by atoms with Gasteiger partial charge in [-0.05, 0) is 65.7 Å². The van der Waals surface area contributed by atoms with E-state index in [0.29, 0.717) is 16.6 Å². The summed E-state index contributed by atoms with van der Waals surface area (Å²) in [5.41, 5.74) is 3.82. The fourth-order valence-corrected chi connectivity index (χ4v) is 8.17. The molecule has 49 heavy (non-hydrogen) atoms. The topological polar surface area (TPSA) is 112 Å². The first kappa shape index (κ1) is 34.7. The van der Waals surface area contributed by atoms with Crippen LogP contribution < -0.4 is 5.32 Å². The third kappa shape index (κ3) is 8.20. The van der Waals surface area contributed by atoms with Gasteiger partial charge in [0.1, 0.15) is 6.04 Å². The number of allylic oxidation sites excluding steroid dienone is 4. The van der Waals surface area contributed by atoms with E-state index in [1.807, 2.05) is 42.7 Å². The number of carboxylic acid groups (broad SMARTS) is 1. The van der Waals surface area contributed by atoms with Gasteiger partial charge in [-0.15, -0.1) is 11.3 Å². The predicted octanol–water partition coefficient (Wildman–Crippen LogP) is 7.56. The Labute approximate surface area is 293 Å². The number of thiophene rings is 1. The van der Waals surface area contributed by atoms with Crippen molar-refractivity contribution in [3.63, 3.8) is 0 Å². The molecule has 6 rings (SSSR count). The first-order valence-electron chi connectivity index (χ1n) is 17.7. The van der Waals surface area contributed by atoms with E-state index in [9.17, 15) is 19.5 Å². The molecule has 2 aromatic heterocycles. The van der Waals surface area contributed by atoms with Gasteiger partial charge in [-0.2, -0.15) is 0 Å². The second kappa shape index (κ2) is 14.8. The molecule has 2 amide bonds. The number of carbonyl (C=O) groups is 3. The van der Waals surface area contributed by atoms with Gasteiger partial charge in [-0.25, -0.2) is 9.97 Å². The Morgan fingerprint density at radius 2 is 1.67 bits per heavy atom. The molecule has 2 atom stereocenters. The summed E-state index contributed by atoms with van der Waals surface area (Å²) in [5.74, 6) is 0.896. The lowest BCUT2D eigenvalue weighted by atomic mass is 9.73. The molecule has 1 saturated carbocycles. The summed E-state index contributed by atoms with van der Waals surface area (Å²) in [6.45, 7) is 8.89. The van der Waals surface area contributed by atoms with Crippen molar-refractivity contribution < 1.29 is 19.5 Å². The van der Waals surface area contributed by atoms with Crippen LogP contribution >= 0.6 is 11.3 Å². The zero-order valence-corrected chi connectivity index (χ0v) is 29.8. The highest BCUT2D eigenvalue weighted by Crippen LogP contribution is 2.39. The zero-order chi connectivity index (χ0) is 34.7. The third-order valence-electron chi connectivity index (χ3n) is 10.6. The van der Waals surface area contributed by atoms with Gasteiger partial charge in [0, 0.05) is 47.9 Å². The first-order chi connectivity index (χ1) is 23.5. The molecular weight excluding hydrogens is 633 g/mol. The highest BCUT2D eigenvalue weighted by atomic mass is 32.1. The van der Waals surface area contributed by atoms with Gasteiger partial charge in [-0.1, -0.05) is 89.5 Å². The van der Waals surface area contributed by atoms with Crippen LogP contribution in [0, 0.1) is 23.7 Å². The Morgan fingerprint density at radius 1 is 0.980 bits per heavy atom. The molecule has 2 N–H and O–H groups in total. The summed E-state index contributed by atoms with van der Waals surface area (Å²) in [6.07, 6.45) is 18.8. The molecule has 3 aliphatic rings. The number of nitrogens with zero attached hydrogens (tertiary/aromatic N) is 3. The van der Waals surface area contributed by atoms with Crippen molar-refractivity contribution in [2.24, 2.45) is 23.7 Å². The molecule has 0 bridgehead atoms. The maximum atomic E-state index is 13.5. The highest BCUT2D eigenvalue weighted by Gasteiger charge is 2.39. The lowest BCUT2D eigenvalue weighted by molar-refractivity contribution is -0.153. The van der Waals surface area contributed by atoms with Crippen molar-refractivity contribution in [3.8, 4) is 11.4 Å². The summed E-state index contributed by atoms with van der Waals surface area (Å²) in [7, 11) is 0. The van der Waals surface area contributed by atoms with Gasteiger partial charge < -0.3 is 15.3 Å². The number of nitrogens with one attached hydrogen (secondary N) is 1. The van der Waals surface area contributed by atoms with E-state index in [4.69, 9.17) is 0 Å². The maximum Gasteiger partial charge on any atom is 0.310 e. The lowest BCUT2D eigenvalue weighted by Gasteiger charge is -2.38. The van der Waals surface area contributed by atoms with Gasteiger partial charge in [0.15, 0.2) is 5.82 Å². The number of amides is 2. The van der Waals surface area contributed by atoms with E-state index in [1.54, 1.807) is 6.07 Å². The summed E-state index contributed by atoms with van der Waals surface area (Å²) < 4.78 is 0. The first-order valence-corrected chi connectivity index (χ1v) is 18.5. The Hall–Kier alpha value is -4.11. The predicted molar refractivity (Wildman–Crippen MR) is 194 cm³/mol. The standard InChI is InChI=1S/C40H48N4O4S/c1-5-25-6-10-27(11-7-25)28-14-16-29(17-15-28)31-21-41-36(42-22-31)30-12-8-26(9-13-30)20-33(38(46)44-23-32(24-44)39(47)48)43-37(45)34-18-19-35(49-34)40(2,3)4/h8-9,12-14,16-19,21-22,25,27-28,32-33H,5-7,10-11,15,20,23-24H2,1-4H3,(H,43,45)(H,47,48)/t25-,27-,28?,33-/m0/s1. The normalized spacial score (nSPS) is 21.8. The van der Waals surface area contributed by atoms with Crippen molar-refractivity contribution in [3.05, 3.63) is 87.9 Å². The summed E-state index contributed by atoms with van der Waals surface area (Å²) in [4.78, 5) is 50.6. The quantitative estimate of drug-likeness (QED) is 0.229. The number of aromatic nitrogens is 2. The lowest BCUT2D eigenvalue weighted by Crippen LogP contribution is -2.59. The number of hydrogen-bond acceptors (Lipinski definition) is 6. The molecular formula is C40H48N4O4S. The smallest absolute Gasteiger partial charge is 0.310 e. The van der Waals surface area contributed by atoms with Crippen LogP contribution in [0.3, 0.4) is 0 Å². The van der Waals surface area contributed by atoms with E-state index in [-0.39, 0.29) is 36.7 Å². The van der Waals surface area contributed by atoms with Crippen LogP contribution in [0.2, 0.25) is 0 Å². The van der Waals surface area contributed by atoms with Crippen LogP contribution in [-0.4, -0.2) is 56.9 Å². The van der Waals surface area contributed by atoms with Crippen molar-refractivity contribution in [2.75, 3.05) is 13.1 Å². The van der Waals surface area contributed by atoms with Gasteiger partial charge in [-0.3, -0.25) is 14.4 Å². The second-order valence-corrected chi connectivity index (χ2v) is 16.1.